The molecule has 5 saturated heterocycles. The molecule has 0 bridgehead atoms. The number of aliphatic hydroxyl groups excluding tert-OH is 3. The van der Waals surface area contributed by atoms with Crippen LogP contribution in [0.3, 0.4) is 0 Å². The van der Waals surface area contributed by atoms with Gasteiger partial charge >= 0.3 is 6.09 Å². The largest absolute Gasteiger partial charge is 0.444 e. The number of aliphatic hydroxyl groups is 3. The van der Waals surface area contributed by atoms with Crippen LogP contribution < -0.4 is 11.1 Å². The van der Waals surface area contributed by atoms with Crippen molar-refractivity contribution < 1.29 is 53.5 Å². The quantitative estimate of drug-likeness (QED) is 0.137. The topological polar surface area (TPSA) is 225 Å². The highest BCUT2D eigenvalue weighted by molar-refractivity contribution is 6.01. The first kappa shape index (κ1) is 55.5. The third-order valence-corrected chi connectivity index (χ3v) is 14.1. The second-order valence-corrected chi connectivity index (χ2v) is 21.1. The summed E-state index contributed by atoms with van der Waals surface area (Å²) in [6.45, 7) is 14.0. The smallest absolute Gasteiger partial charge is 0.407 e. The van der Waals surface area contributed by atoms with Crippen LogP contribution in [0.4, 0.5) is 4.79 Å². The van der Waals surface area contributed by atoms with Crippen molar-refractivity contribution in [2.45, 2.75) is 121 Å². The van der Waals surface area contributed by atoms with Crippen LogP contribution in [0.1, 0.15) is 136 Å². The van der Waals surface area contributed by atoms with Crippen LogP contribution in [0.5, 0.6) is 0 Å². The molecule has 0 aromatic heterocycles. The molecule has 0 aliphatic carbocycles. The van der Waals surface area contributed by atoms with E-state index in [0.29, 0.717) is 86.4 Å². The highest BCUT2D eigenvalue weighted by Crippen LogP contribution is 2.35. The average Bonchev–Trinajstić information content (AvgIpc) is 4.06. The first-order valence-corrected chi connectivity index (χ1v) is 25.7. The number of ether oxygens (including phenoxy) is 3. The fourth-order valence-corrected chi connectivity index (χ4v) is 10.4. The first-order valence-electron chi connectivity index (χ1n) is 25.7. The number of rotatable bonds is 9. The zero-order valence-corrected chi connectivity index (χ0v) is 43.6. The molecule has 0 saturated carbocycles. The molecular weight excluding hydrogens is 945 g/mol. The lowest BCUT2D eigenvalue weighted by Gasteiger charge is -2.32. The van der Waals surface area contributed by atoms with Crippen LogP contribution in [0.2, 0.25) is 0 Å². The molecule has 5 heterocycles. The Kier molecular flexibility index (Phi) is 18.3. The number of carbonyl (C=O) groups is 5. The van der Waals surface area contributed by atoms with E-state index >= 15 is 0 Å². The van der Waals surface area contributed by atoms with E-state index < -0.39 is 29.7 Å². The van der Waals surface area contributed by atoms with Gasteiger partial charge in [-0.05, 0) is 131 Å². The van der Waals surface area contributed by atoms with Gasteiger partial charge in [-0.15, -0.1) is 0 Å². The van der Waals surface area contributed by atoms with Crippen LogP contribution >= 0.6 is 0 Å². The van der Waals surface area contributed by atoms with E-state index in [4.69, 9.17) is 25.1 Å². The predicted molar refractivity (Wildman–Crippen MR) is 278 cm³/mol. The van der Waals surface area contributed by atoms with E-state index in [2.05, 4.69) is 29.6 Å². The summed E-state index contributed by atoms with van der Waals surface area (Å²) in [6, 6.07) is 30.3. The molecule has 4 atom stereocenters. The summed E-state index contributed by atoms with van der Waals surface area (Å²) in [5.74, 6) is -0.409. The molecule has 6 N–H and O–H groups in total. The van der Waals surface area contributed by atoms with Crippen molar-refractivity contribution in [3.8, 4) is 0 Å². The molecule has 5 fully saturated rings. The Hall–Kier alpha value is -6.21. The number of fused-ring (bicyclic) bond motifs is 1. The monoisotopic (exact) mass is 1020 g/mol. The fourth-order valence-electron chi connectivity index (χ4n) is 10.4. The predicted octanol–water partition coefficient (Wildman–Crippen LogP) is 5.66. The highest BCUT2D eigenvalue weighted by atomic mass is 16.8. The Morgan fingerprint density at radius 2 is 0.973 bits per heavy atom. The molecule has 0 unspecified atom stereocenters. The van der Waals surface area contributed by atoms with Gasteiger partial charge in [0.05, 0.1) is 25.3 Å². The number of alkyl carbamates (subject to hydrolysis) is 1. The van der Waals surface area contributed by atoms with Gasteiger partial charge in [0.2, 0.25) is 0 Å². The highest BCUT2D eigenvalue weighted by Gasteiger charge is 2.48. The number of hydrogen-bond donors (Lipinski definition) is 5. The Labute approximate surface area is 434 Å². The number of benzene rings is 4. The van der Waals surface area contributed by atoms with Crippen molar-refractivity contribution in [2.75, 3.05) is 59.5 Å². The molecule has 4 aromatic rings. The minimum absolute atomic E-state index is 0.0554. The molecule has 4 aromatic carbocycles. The Morgan fingerprint density at radius 3 is 1.39 bits per heavy atom. The average molecular weight is 1020 g/mol. The van der Waals surface area contributed by atoms with Gasteiger partial charge in [0.15, 0.2) is 5.79 Å². The van der Waals surface area contributed by atoms with Crippen LogP contribution in [0.25, 0.3) is 0 Å². The van der Waals surface area contributed by atoms with Crippen molar-refractivity contribution >= 4 is 29.7 Å². The molecule has 5 amide bonds. The SMILES string of the molecule is CC(C)(C)OC(=O)NCc1cccc(C2CCN(C(=O)c3cccc(C(=O)N4C[C@@H]5OC(C)(C)O[C@@H]5C4)c3)CC2)c1.CO.NCc1cccc(C2CCN(C(=O)c3cccc(C(=O)N4C[C@@H](O)[C@@H](O)C4)c3)CC2)c1. The van der Waals surface area contributed by atoms with Crippen LogP contribution in [-0.4, -0.2) is 160 Å². The Morgan fingerprint density at radius 1 is 0.595 bits per heavy atom. The number of nitrogens with one attached hydrogen (secondary N) is 1. The number of hydrogen-bond acceptors (Lipinski definition) is 12. The normalized spacial score (nSPS) is 21.7. The molecule has 5 aliphatic heterocycles. The maximum atomic E-state index is 13.4. The molecule has 0 radical (unpaired) electrons. The number of amides is 5. The molecule has 9 rings (SSSR count). The summed E-state index contributed by atoms with van der Waals surface area (Å²) in [6.07, 6.45) is 0.936. The zero-order chi connectivity index (χ0) is 53.3. The lowest BCUT2D eigenvalue weighted by Crippen LogP contribution is -2.38. The fraction of sp³-hybridized carbons (Fsp3) is 0.491. The number of carbonyl (C=O) groups excluding carboxylic acids is 5. The molecule has 17 nitrogen and oxygen atoms in total. The number of nitrogens with zero attached hydrogens (tertiary/aromatic N) is 4. The van der Waals surface area contributed by atoms with Gasteiger partial charge in [-0.25, -0.2) is 4.79 Å². The second kappa shape index (κ2) is 24.4. The van der Waals surface area contributed by atoms with Gasteiger partial charge in [0.1, 0.15) is 17.8 Å². The van der Waals surface area contributed by atoms with Crippen LogP contribution in [0, 0.1) is 0 Å². The van der Waals surface area contributed by atoms with E-state index in [0.717, 1.165) is 43.9 Å². The van der Waals surface area contributed by atoms with E-state index in [1.54, 1.807) is 53.4 Å². The lowest BCUT2D eigenvalue weighted by molar-refractivity contribution is -0.153. The van der Waals surface area contributed by atoms with Crippen molar-refractivity contribution in [3.05, 3.63) is 142 Å². The number of nitrogens with two attached hydrogens (primary N) is 1. The molecule has 5 aliphatic rings. The van der Waals surface area contributed by atoms with E-state index in [1.165, 1.54) is 16.0 Å². The zero-order valence-electron chi connectivity index (χ0n) is 43.6. The molecule has 17 heteroatoms. The Bertz CT molecular complexity index is 2580. The van der Waals surface area contributed by atoms with Crippen molar-refractivity contribution in [2.24, 2.45) is 5.73 Å². The third kappa shape index (κ3) is 14.1. The molecule has 398 valence electrons. The summed E-state index contributed by atoms with van der Waals surface area (Å²) < 4.78 is 17.2. The Balaban J connectivity index is 0.000000217. The van der Waals surface area contributed by atoms with Gasteiger partial charge in [0.25, 0.3) is 23.6 Å². The summed E-state index contributed by atoms with van der Waals surface area (Å²) in [4.78, 5) is 71.3. The van der Waals surface area contributed by atoms with Gasteiger partial charge in [-0.3, -0.25) is 19.2 Å². The maximum Gasteiger partial charge on any atom is 0.407 e. The van der Waals surface area contributed by atoms with Gasteiger partial charge in [0, 0.05) is 81.7 Å². The van der Waals surface area contributed by atoms with Crippen LogP contribution in [0.15, 0.2) is 97.1 Å². The van der Waals surface area contributed by atoms with Gasteiger partial charge < -0.3 is 60.2 Å². The summed E-state index contributed by atoms with van der Waals surface area (Å²) in [5.41, 5.74) is 11.7. The van der Waals surface area contributed by atoms with E-state index in [1.807, 2.05) is 68.7 Å². The minimum atomic E-state index is -0.930. The summed E-state index contributed by atoms with van der Waals surface area (Å²) in [5, 5.41) is 29.2. The minimum Gasteiger partial charge on any atom is -0.444 e. The third-order valence-electron chi connectivity index (χ3n) is 14.1. The molecule has 74 heavy (non-hydrogen) atoms. The number of piperidine rings is 2. The number of likely N-dealkylation sites (tertiary alicyclic amines) is 4. The molecular formula is C57H74N6O11. The maximum absolute atomic E-state index is 13.4. The second-order valence-electron chi connectivity index (χ2n) is 21.1. The van der Waals surface area contributed by atoms with E-state index in [9.17, 15) is 34.2 Å². The van der Waals surface area contributed by atoms with Gasteiger partial charge in [-0.2, -0.15) is 0 Å². The van der Waals surface area contributed by atoms with Crippen molar-refractivity contribution in [1.82, 2.24) is 24.9 Å². The standard InChI is InChI=1S/C32H41N3O6.C24H29N3O4.CH4O/c1-31(2,3)41-30(38)33-18-21-8-6-9-23(16-21)22-12-14-34(15-13-22)28(36)24-10-7-11-25(17-24)29(37)35-19-26-27(20-35)40-32(4,5)39-26;25-13-16-3-1-4-18(11-16)17-7-9-26(10-8-17)23(30)19-5-2-6-20(12-19)24(31)27-14-21(28)22(29)15-27;1-2/h6-11,16-17,22,26-27H,12-15,18-20H2,1-5H3,(H,33,38);1-6,11-12,17,21-22,28-29H,7-10,13-15,25H2;2H,1H3/t26-,27+;21-,22+;. The van der Waals surface area contributed by atoms with Gasteiger partial charge in [-0.1, -0.05) is 60.7 Å². The van der Waals surface area contributed by atoms with Crippen molar-refractivity contribution in [3.63, 3.8) is 0 Å². The summed E-state index contributed by atoms with van der Waals surface area (Å²) in [7, 11) is 1.00. The number of β-amino-alcohol motifs (C(OH)–C–C–N with tert-alkyl or cyclic N) is 2. The van der Waals surface area contributed by atoms with Crippen molar-refractivity contribution in [1.29, 1.82) is 0 Å². The van der Waals surface area contributed by atoms with Crippen LogP contribution in [-0.2, 0) is 27.3 Å². The lowest BCUT2D eigenvalue weighted by atomic mass is 9.88. The molecule has 0 spiro atoms. The summed E-state index contributed by atoms with van der Waals surface area (Å²) >= 11 is 0. The first-order chi connectivity index (χ1) is 35.3. The van der Waals surface area contributed by atoms with E-state index in [-0.39, 0.29) is 48.9 Å².